The number of aliphatic hydroxyl groups excluding tert-OH is 1. The number of rotatable bonds is 3. The highest BCUT2D eigenvalue weighted by molar-refractivity contribution is 5.95. The van der Waals surface area contributed by atoms with Gasteiger partial charge in [-0.3, -0.25) is 4.57 Å². The molecule has 1 aliphatic rings. The third kappa shape index (κ3) is 5.43. The van der Waals surface area contributed by atoms with E-state index < -0.39 is 23.4 Å². The smallest absolute Gasteiger partial charge is 0.419 e. The van der Waals surface area contributed by atoms with Crippen molar-refractivity contribution in [1.29, 1.82) is 0 Å². The molecule has 0 spiro atoms. The number of amides is 1. The summed E-state index contributed by atoms with van der Waals surface area (Å²) in [4.78, 5) is 26.9. The number of likely N-dealkylation sites (tertiary alicyclic amines) is 1. The van der Waals surface area contributed by atoms with Gasteiger partial charge in [0, 0.05) is 36.2 Å². The molecular weight excluding hydrogens is 424 g/mol. The predicted octanol–water partition coefficient (Wildman–Crippen LogP) is 5.03. The summed E-state index contributed by atoms with van der Waals surface area (Å²) in [5, 5.41) is 12.1. The van der Waals surface area contributed by atoms with E-state index in [1.165, 1.54) is 4.57 Å². The van der Waals surface area contributed by atoms with E-state index in [0.717, 1.165) is 10.9 Å². The first-order chi connectivity index (χ1) is 15.2. The zero-order valence-electron chi connectivity index (χ0n) is 20.9. The summed E-state index contributed by atoms with van der Waals surface area (Å²) in [6.45, 7) is 13.7. The molecule has 182 valence electrons. The number of methoxy groups -OCH3 is 1. The van der Waals surface area contributed by atoms with Crippen LogP contribution in [0.4, 0.5) is 9.59 Å². The topological polar surface area (TPSA) is 90.2 Å². The first-order valence-corrected chi connectivity index (χ1v) is 11.3. The Labute approximate surface area is 195 Å². The van der Waals surface area contributed by atoms with Gasteiger partial charge in [0.15, 0.2) is 0 Å². The largest absolute Gasteiger partial charge is 0.496 e. The van der Waals surface area contributed by atoms with Gasteiger partial charge in [0.25, 0.3) is 0 Å². The van der Waals surface area contributed by atoms with Crippen molar-refractivity contribution >= 4 is 23.1 Å². The Balaban J connectivity index is 1.95. The number of ether oxygens (including phenoxy) is 3. The monoisotopic (exact) mass is 460 g/mol. The standard InChI is InChI=1S/C25H36N2O6/c1-15-13-18(31-8)19(17-10-12-27(20(15)17)23(30)33-25(5,6)7)21(28)16-9-11-26(14-16)22(29)32-24(2,3)4/h10,12-13,16,21,28H,9,11,14H2,1-8H3. The number of carbonyl (C=O) groups is 2. The molecule has 1 aromatic carbocycles. The molecule has 1 N–H and O–H groups in total. The highest BCUT2D eigenvalue weighted by Crippen LogP contribution is 2.41. The van der Waals surface area contributed by atoms with E-state index in [1.807, 2.05) is 54.5 Å². The highest BCUT2D eigenvalue weighted by Gasteiger charge is 2.36. The van der Waals surface area contributed by atoms with Crippen molar-refractivity contribution in [3.8, 4) is 5.75 Å². The molecule has 2 aromatic rings. The lowest BCUT2D eigenvalue weighted by atomic mass is 9.91. The van der Waals surface area contributed by atoms with Crippen LogP contribution in [0.25, 0.3) is 10.9 Å². The Hall–Kier alpha value is -2.74. The molecule has 0 bridgehead atoms. The van der Waals surface area contributed by atoms with Gasteiger partial charge >= 0.3 is 12.2 Å². The molecule has 1 saturated heterocycles. The molecule has 2 heterocycles. The van der Waals surface area contributed by atoms with Gasteiger partial charge in [-0.1, -0.05) is 0 Å². The zero-order valence-corrected chi connectivity index (χ0v) is 20.9. The lowest BCUT2D eigenvalue weighted by Gasteiger charge is -2.26. The minimum atomic E-state index is -0.884. The number of fused-ring (bicyclic) bond motifs is 1. The summed E-state index contributed by atoms with van der Waals surface area (Å²) in [5.74, 6) is 0.354. The number of aliphatic hydroxyl groups is 1. The van der Waals surface area contributed by atoms with E-state index >= 15 is 0 Å². The summed E-state index contributed by atoms with van der Waals surface area (Å²) in [7, 11) is 1.56. The van der Waals surface area contributed by atoms with Gasteiger partial charge in [0.2, 0.25) is 0 Å². The van der Waals surface area contributed by atoms with Crippen LogP contribution >= 0.6 is 0 Å². The Morgan fingerprint density at radius 2 is 1.70 bits per heavy atom. The molecule has 1 fully saturated rings. The summed E-state index contributed by atoms with van der Waals surface area (Å²) in [6, 6.07) is 3.62. The summed E-state index contributed by atoms with van der Waals surface area (Å²) in [5.41, 5.74) is 0.892. The summed E-state index contributed by atoms with van der Waals surface area (Å²) < 4.78 is 18.1. The maximum absolute atomic E-state index is 12.8. The van der Waals surface area contributed by atoms with Gasteiger partial charge in [-0.15, -0.1) is 0 Å². The van der Waals surface area contributed by atoms with Crippen LogP contribution in [0.1, 0.15) is 65.2 Å². The predicted molar refractivity (Wildman–Crippen MR) is 126 cm³/mol. The second kappa shape index (κ2) is 8.89. The Morgan fingerprint density at radius 3 is 2.27 bits per heavy atom. The summed E-state index contributed by atoms with van der Waals surface area (Å²) in [6.07, 6.45) is 0.539. The van der Waals surface area contributed by atoms with Crippen LogP contribution in [0, 0.1) is 12.8 Å². The molecule has 2 unspecified atom stereocenters. The van der Waals surface area contributed by atoms with E-state index in [1.54, 1.807) is 24.3 Å². The lowest BCUT2D eigenvalue weighted by molar-refractivity contribution is 0.0267. The van der Waals surface area contributed by atoms with Crippen LogP contribution < -0.4 is 4.74 Å². The van der Waals surface area contributed by atoms with E-state index in [0.29, 0.717) is 36.3 Å². The van der Waals surface area contributed by atoms with Gasteiger partial charge in [0.05, 0.1) is 18.7 Å². The third-order valence-corrected chi connectivity index (χ3v) is 5.59. The fourth-order valence-electron chi connectivity index (χ4n) is 4.24. The Morgan fingerprint density at radius 1 is 1.09 bits per heavy atom. The zero-order chi connectivity index (χ0) is 24.7. The SMILES string of the molecule is COc1cc(C)c2c(ccn2C(=O)OC(C)(C)C)c1C(O)C1CCN(C(=O)OC(C)(C)C)C1. The minimum absolute atomic E-state index is 0.192. The number of aromatic nitrogens is 1. The molecule has 1 aromatic heterocycles. The molecule has 1 amide bonds. The highest BCUT2D eigenvalue weighted by atomic mass is 16.6. The maximum Gasteiger partial charge on any atom is 0.419 e. The number of aryl methyl sites for hydroxylation is 1. The van der Waals surface area contributed by atoms with Crippen molar-refractivity contribution in [2.45, 2.75) is 72.2 Å². The van der Waals surface area contributed by atoms with Crippen molar-refractivity contribution in [3.63, 3.8) is 0 Å². The number of carbonyl (C=O) groups excluding carboxylic acids is 2. The van der Waals surface area contributed by atoms with Crippen LogP contribution in [0.3, 0.4) is 0 Å². The Bertz CT molecular complexity index is 1040. The normalized spacial score (nSPS) is 17.8. The molecule has 0 saturated carbocycles. The lowest BCUT2D eigenvalue weighted by Crippen LogP contribution is -2.35. The van der Waals surface area contributed by atoms with Crippen molar-refractivity contribution in [3.05, 3.63) is 29.5 Å². The van der Waals surface area contributed by atoms with Crippen LogP contribution in [0.15, 0.2) is 18.3 Å². The first-order valence-electron chi connectivity index (χ1n) is 11.3. The van der Waals surface area contributed by atoms with Crippen LogP contribution in [-0.4, -0.2) is 58.2 Å². The quantitative estimate of drug-likeness (QED) is 0.691. The second-order valence-electron chi connectivity index (χ2n) is 10.7. The molecule has 8 nitrogen and oxygen atoms in total. The van der Waals surface area contributed by atoms with Gasteiger partial charge in [-0.25, -0.2) is 9.59 Å². The average Bonchev–Trinajstić information content (AvgIpc) is 3.32. The van der Waals surface area contributed by atoms with Crippen molar-refractivity contribution in [2.75, 3.05) is 20.2 Å². The van der Waals surface area contributed by atoms with E-state index in [2.05, 4.69) is 0 Å². The van der Waals surface area contributed by atoms with Gasteiger partial charge in [-0.2, -0.15) is 0 Å². The maximum atomic E-state index is 12.8. The number of hydrogen-bond donors (Lipinski definition) is 1. The molecule has 0 radical (unpaired) electrons. The van der Waals surface area contributed by atoms with Crippen molar-refractivity contribution < 1.29 is 28.9 Å². The number of hydrogen-bond acceptors (Lipinski definition) is 6. The van der Waals surface area contributed by atoms with E-state index in [4.69, 9.17) is 14.2 Å². The van der Waals surface area contributed by atoms with E-state index in [-0.39, 0.29) is 12.0 Å². The van der Waals surface area contributed by atoms with Gasteiger partial charge < -0.3 is 24.2 Å². The third-order valence-electron chi connectivity index (χ3n) is 5.59. The van der Waals surface area contributed by atoms with E-state index in [9.17, 15) is 14.7 Å². The van der Waals surface area contributed by atoms with Crippen LogP contribution in [0.5, 0.6) is 5.75 Å². The molecule has 8 heteroatoms. The molecule has 33 heavy (non-hydrogen) atoms. The first kappa shape index (κ1) is 24.9. The average molecular weight is 461 g/mol. The molecule has 3 rings (SSSR count). The number of benzene rings is 1. The molecule has 1 aliphatic heterocycles. The fourth-order valence-corrected chi connectivity index (χ4v) is 4.24. The minimum Gasteiger partial charge on any atom is -0.496 e. The number of nitrogens with zero attached hydrogens (tertiary/aromatic N) is 2. The molecule has 2 atom stereocenters. The summed E-state index contributed by atoms with van der Waals surface area (Å²) >= 11 is 0. The van der Waals surface area contributed by atoms with Crippen molar-refractivity contribution in [1.82, 2.24) is 9.47 Å². The fraction of sp³-hybridized carbons (Fsp3) is 0.600. The van der Waals surface area contributed by atoms with Crippen molar-refractivity contribution in [2.24, 2.45) is 5.92 Å². The Kier molecular flexibility index (Phi) is 6.71. The second-order valence-corrected chi connectivity index (χ2v) is 10.7. The van der Waals surface area contributed by atoms with Gasteiger partial charge in [0.1, 0.15) is 17.0 Å². The molecule has 0 aliphatic carbocycles. The molecular formula is C25H36N2O6. The van der Waals surface area contributed by atoms with Crippen LogP contribution in [0.2, 0.25) is 0 Å². The van der Waals surface area contributed by atoms with Gasteiger partial charge in [-0.05, 0) is 72.6 Å². The van der Waals surface area contributed by atoms with Crippen LogP contribution in [-0.2, 0) is 9.47 Å².